The average molecular weight is 418 g/mol. The van der Waals surface area contributed by atoms with Gasteiger partial charge in [0.1, 0.15) is 5.02 Å². The van der Waals surface area contributed by atoms with Gasteiger partial charge in [-0.25, -0.2) is 4.79 Å². The Morgan fingerprint density at radius 2 is 1.83 bits per heavy atom. The molecular formula is C18H12ClN3O7. The lowest BCUT2D eigenvalue weighted by Gasteiger charge is -2.08. The van der Waals surface area contributed by atoms with Gasteiger partial charge in [0.15, 0.2) is 6.61 Å². The van der Waals surface area contributed by atoms with Crippen LogP contribution >= 0.6 is 11.6 Å². The lowest BCUT2D eigenvalue weighted by Crippen LogP contribution is -2.24. The summed E-state index contributed by atoms with van der Waals surface area (Å²) in [5, 5.41) is 13.2. The summed E-state index contributed by atoms with van der Waals surface area (Å²) in [4.78, 5) is 58.9. The lowest BCUT2D eigenvalue weighted by molar-refractivity contribution is -0.384. The monoisotopic (exact) mass is 417 g/mol. The van der Waals surface area contributed by atoms with Crippen LogP contribution in [0.25, 0.3) is 0 Å². The second-order valence-corrected chi connectivity index (χ2v) is 6.38. The summed E-state index contributed by atoms with van der Waals surface area (Å²) in [6, 6.07) is 7.55. The summed E-state index contributed by atoms with van der Waals surface area (Å²) in [5.74, 6) is -2.58. The number of hydrogen-bond donors (Lipinski definition) is 1. The number of nitrogens with zero attached hydrogens (tertiary/aromatic N) is 2. The Morgan fingerprint density at radius 1 is 1.14 bits per heavy atom. The van der Waals surface area contributed by atoms with Crippen molar-refractivity contribution >= 4 is 46.7 Å². The van der Waals surface area contributed by atoms with Crippen LogP contribution < -0.4 is 5.32 Å². The quantitative estimate of drug-likeness (QED) is 0.341. The summed E-state index contributed by atoms with van der Waals surface area (Å²) in [6.45, 7) is -0.668. The molecule has 1 heterocycles. The second kappa shape index (κ2) is 7.68. The number of hydrogen-bond acceptors (Lipinski definition) is 7. The number of nitro groups is 1. The van der Waals surface area contributed by atoms with Crippen LogP contribution in [-0.4, -0.2) is 47.2 Å². The minimum Gasteiger partial charge on any atom is -0.452 e. The van der Waals surface area contributed by atoms with Crippen molar-refractivity contribution < 1.29 is 28.8 Å². The van der Waals surface area contributed by atoms with Gasteiger partial charge in [0, 0.05) is 18.8 Å². The molecule has 0 spiro atoms. The fraction of sp³-hybridized carbons (Fsp3) is 0.111. The van der Waals surface area contributed by atoms with Crippen LogP contribution in [0.3, 0.4) is 0 Å². The molecule has 10 nitrogen and oxygen atoms in total. The molecule has 11 heteroatoms. The van der Waals surface area contributed by atoms with Crippen molar-refractivity contribution in [2.45, 2.75) is 0 Å². The molecule has 1 aliphatic rings. The van der Waals surface area contributed by atoms with Crippen LogP contribution in [0.2, 0.25) is 5.02 Å². The first-order valence-corrected chi connectivity index (χ1v) is 8.44. The standard InChI is InChI=1S/C18H12ClN3O7/c1-21-16(24)11-4-3-10(7-12(11)17(21)25)20-15(23)8-29-18(26)9-2-5-13(19)14(6-9)22(27)28/h2-7H,8H2,1H3,(H,20,23). The van der Waals surface area contributed by atoms with Crippen molar-refractivity contribution in [3.8, 4) is 0 Å². The number of imide groups is 1. The van der Waals surface area contributed by atoms with Gasteiger partial charge in [0.25, 0.3) is 23.4 Å². The highest BCUT2D eigenvalue weighted by molar-refractivity contribution is 6.32. The zero-order chi connectivity index (χ0) is 21.3. The first-order chi connectivity index (χ1) is 13.7. The molecule has 0 saturated carbocycles. The van der Waals surface area contributed by atoms with Gasteiger partial charge in [-0.2, -0.15) is 0 Å². The molecule has 3 rings (SSSR count). The first-order valence-electron chi connectivity index (χ1n) is 8.06. The molecule has 3 amide bonds. The molecule has 1 aliphatic heterocycles. The second-order valence-electron chi connectivity index (χ2n) is 5.98. The molecular weight excluding hydrogens is 406 g/mol. The number of halogens is 1. The maximum atomic E-state index is 12.0. The Bertz CT molecular complexity index is 1080. The van der Waals surface area contributed by atoms with Crippen LogP contribution in [0, 0.1) is 10.1 Å². The number of nitro benzene ring substituents is 1. The van der Waals surface area contributed by atoms with E-state index in [-0.39, 0.29) is 27.4 Å². The third-order valence-electron chi connectivity index (χ3n) is 4.09. The predicted octanol–water partition coefficient (Wildman–Crippen LogP) is 2.27. The third-order valence-corrected chi connectivity index (χ3v) is 4.41. The van der Waals surface area contributed by atoms with E-state index in [4.69, 9.17) is 16.3 Å². The zero-order valence-corrected chi connectivity index (χ0v) is 15.6. The van der Waals surface area contributed by atoms with Crippen LogP contribution in [0.1, 0.15) is 31.1 Å². The minimum atomic E-state index is -0.948. The highest BCUT2D eigenvalue weighted by atomic mass is 35.5. The molecule has 2 aromatic rings. The number of carbonyl (C=O) groups is 4. The first kappa shape index (κ1) is 20.0. The topological polar surface area (TPSA) is 136 Å². The summed E-state index contributed by atoms with van der Waals surface area (Å²) in [6.07, 6.45) is 0. The molecule has 0 fully saturated rings. The van der Waals surface area contributed by atoms with E-state index in [1.54, 1.807) is 0 Å². The number of ether oxygens (including phenoxy) is 1. The predicted molar refractivity (Wildman–Crippen MR) is 99.9 cm³/mol. The molecule has 2 aromatic carbocycles. The Hall–Kier alpha value is -3.79. The maximum Gasteiger partial charge on any atom is 0.338 e. The van der Waals surface area contributed by atoms with Gasteiger partial charge in [0.05, 0.1) is 21.6 Å². The largest absolute Gasteiger partial charge is 0.452 e. The van der Waals surface area contributed by atoms with Crippen molar-refractivity contribution in [3.05, 3.63) is 68.2 Å². The van der Waals surface area contributed by atoms with Crippen molar-refractivity contribution in [2.75, 3.05) is 19.0 Å². The third kappa shape index (κ3) is 3.92. The number of benzene rings is 2. The molecule has 0 atom stereocenters. The number of rotatable bonds is 5. The number of fused-ring (bicyclic) bond motifs is 1. The van der Waals surface area contributed by atoms with E-state index in [0.29, 0.717) is 0 Å². The molecule has 1 N–H and O–H groups in total. The summed E-state index contributed by atoms with van der Waals surface area (Å²) < 4.78 is 4.84. The smallest absolute Gasteiger partial charge is 0.338 e. The Labute approximate surface area is 168 Å². The number of amides is 3. The van der Waals surface area contributed by atoms with E-state index in [9.17, 15) is 29.3 Å². The molecule has 148 valence electrons. The number of esters is 1. The summed E-state index contributed by atoms with van der Waals surface area (Å²) in [5.41, 5.74) is 0.0156. The van der Waals surface area contributed by atoms with Gasteiger partial charge < -0.3 is 10.1 Å². The summed E-state index contributed by atoms with van der Waals surface area (Å²) >= 11 is 5.68. The van der Waals surface area contributed by atoms with E-state index in [1.165, 1.54) is 37.4 Å². The molecule has 0 radical (unpaired) electrons. The Kier molecular flexibility index (Phi) is 5.29. The maximum absolute atomic E-state index is 12.0. The Morgan fingerprint density at radius 3 is 2.52 bits per heavy atom. The zero-order valence-electron chi connectivity index (χ0n) is 14.8. The number of carbonyl (C=O) groups excluding carboxylic acids is 4. The van der Waals surface area contributed by atoms with E-state index >= 15 is 0 Å². The van der Waals surface area contributed by atoms with Crippen LogP contribution in [-0.2, 0) is 9.53 Å². The molecule has 29 heavy (non-hydrogen) atoms. The number of nitrogens with one attached hydrogen (secondary N) is 1. The van der Waals surface area contributed by atoms with E-state index in [2.05, 4.69) is 5.32 Å². The van der Waals surface area contributed by atoms with E-state index < -0.39 is 40.9 Å². The van der Waals surface area contributed by atoms with Crippen molar-refractivity contribution in [2.24, 2.45) is 0 Å². The molecule has 0 aromatic heterocycles. The SMILES string of the molecule is CN1C(=O)c2ccc(NC(=O)COC(=O)c3ccc(Cl)c([N+](=O)[O-])c3)cc2C1=O. The minimum absolute atomic E-state index is 0.139. The molecule has 0 bridgehead atoms. The normalized spacial score (nSPS) is 12.6. The van der Waals surface area contributed by atoms with Crippen LogP contribution in [0.5, 0.6) is 0 Å². The van der Waals surface area contributed by atoms with Crippen LogP contribution in [0.4, 0.5) is 11.4 Å². The highest BCUT2D eigenvalue weighted by Gasteiger charge is 2.32. The fourth-order valence-corrected chi connectivity index (χ4v) is 2.82. The highest BCUT2D eigenvalue weighted by Crippen LogP contribution is 2.26. The van der Waals surface area contributed by atoms with Gasteiger partial charge in [0.2, 0.25) is 0 Å². The van der Waals surface area contributed by atoms with E-state index in [0.717, 1.165) is 11.0 Å². The molecule has 0 unspecified atom stereocenters. The van der Waals surface area contributed by atoms with Gasteiger partial charge in [-0.3, -0.25) is 29.4 Å². The van der Waals surface area contributed by atoms with Gasteiger partial charge in [-0.05, 0) is 30.3 Å². The van der Waals surface area contributed by atoms with Crippen molar-refractivity contribution in [1.29, 1.82) is 0 Å². The van der Waals surface area contributed by atoms with Gasteiger partial charge in [-0.1, -0.05) is 11.6 Å². The van der Waals surface area contributed by atoms with E-state index in [1.807, 2.05) is 0 Å². The van der Waals surface area contributed by atoms with Crippen molar-refractivity contribution in [1.82, 2.24) is 4.90 Å². The fourth-order valence-electron chi connectivity index (χ4n) is 2.63. The molecule has 0 aliphatic carbocycles. The van der Waals surface area contributed by atoms with Gasteiger partial charge in [-0.15, -0.1) is 0 Å². The lowest BCUT2D eigenvalue weighted by atomic mass is 10.1. The number of anilines is 1. The average Bonchev–Trinajstić information content (AvgIpc) is 2.90. The Balaban J connectivity index is 1.63. The molecule has 0 saturated heterocycles. The van der Waals surface area contributed by atoms with Crippen LogP contribution in [0.15, 0.2) is 36.4 Å². The van der Waals surface area contributed by atoms with Gasteiger partial charge >= 0.3 is 5.97 Å². The summed E-state index contributed by atoms with van der Waals surface area (Å²) in [7, 11) is 1.35. The van der Waals surface area contributed by atoms with Crippen molar-refractivity contribution in [3.63, 3.8) is 0 Å².